The van der Waals surface area contributed by atoms with Crippen LogP contribution < -0.4 is 10.6 Å². The topological polar surface area (TPSA) is 87.7 Å². The second-order valence-electron chi connectivity index (χ2n) is 7.30. The van der Waals surface area contributed by atoms with E-state index in [1.807, 2.05) is 30.3 Å². The smallest absolute Gasteiger partial charge is 0.241 e. The van der Waals surface area contributed by atoms with Crippen molar-refractivity contribution in [1.82, 2.24) is 15.5 Å². The molecule has 1 atom stereocenters. The van der Waals surface area contributed by atoms with Gasteiger partial charge in [-0.3, -0.25) is 9.69 Å². The molecule has 166 valence electrons. The maximum Gasteiger partial charge on any atom is 0.241 e. The van der Waals surface area contributed by atoms with E-state index in [-0.39, 0.29) is 36.8 Å². The summed E-state index contributed by atoms with van der Waals surface area (Å²) in [5, 5.41) is 6.11. The number of rotatable bonds is 6. The summed E-state index contributed by atoms with van der Waals surface area (Å²) in [6, 6.07) is 10.0. The number of amides is 1. The normalized spacial score (nSPS) is 20.6. The van der Waals surface area contributed by atoms with E-state index in [4.69, 9.17) is 4.74 Å². The van der Waals surface area contributed by atoms with E-state index in [0.717, 1.165) is 18.7 Å². The zero-order chi connectivity index (χ0) is 19.3. The summed E-state index contributed by atoms with van der Waals surface area (Å²) in [7, 11) is -3.51. The molecule has 1 amide bonds. The molecule has 7 nitrogen and oxygen atoms in total. The second-order valence-corrected chi connectivity index (χ2v) is 9.63. The van der Waals surface area contributed by atoms with Gasteiger partial charge in [-0.05, 0) is 31.5 Å². The molecular formula is C19H31Cl2N3O4S. The van der Waals surface area contributed by atoms with E-state index in [2.05, 4.69) is 15.5 Å². The number of piperidine rings is 1. The number of carbonyl (C=O) groups excluding carboxylic acids is 1. The molecule has 0 spiro atoms. The number of sulfone groups is 1. The summed E-state index contributed by atoms with van der Waals surface area (Å²) in [5.74, 6) is -0.374. The Labute approximate surface area is 185 Å². The van der Waals surface area contributed by atoms with E-state index < -0.39 is 14.6 Å². The van der Waals surface area contributed by atoms with E-state index in [0.29, 0.717) is 45.7 Å². The molecule has 0 aromatic heterocycles. The molecule has 1 aromatic carbocycles. The van der Waals surface area contributed by atoms with Crippen LogP contribution in [-0.2, 0) is 19.4 Å². The average Bonchev–Trinajstić information content (AvgIpc) is 2.69. The quantitative estimate of drug-likeness (QED) is 0.652. The number of benzene rings is 1. The summed E-state index contributed by atoms with van der Waals surface area (Å²) in [6.07, 6.45) is 1.80. The number of halogens is 2. The largest absolute Gasteiger partial charge is 0.379 e. The van der Waals surface area contributed by atoms with Crippen LogP contribution in [0.15, 0.2) is 30.3 Å². The van der Waals surface area contributed by atoms with Crippen molar-refractivity contribution >= 4 is 40.6 Å². The number of hydrogen-bond donors (Lipinski definition) is 2. The van der Waals surface area contributed by atoms with Crippen LogP contribution in [0.4, 0.5) is 0 Å². The highest BCUT2D eigenvalue weighted by atomic mass is 35.5. The highest BCUT2D eigenvalue weighted by Crippen LogP contribution is 2.29. The number of ether oxygens (including phenoxy) is 1. The fourth-order valence-electron chi connectivity index (χ4n) is 3.97. The minimum Gasteiger partial charge on any atom is -0.379 e. The first-order valence-electron chi connectivity index (χ1n) is 9.49. The minimum atomic E-state index is -3.51. The fraction of sp³-hybridized carbons (Fsp3) is 0.632. The van der Waals surface area contributed by atoms with Crippen molar-refractivity contribution in [3.63, 3.8) is 0 Å². The molecule has 1 aromatic rings. The fourth-order valence-corrected chi connectivity index (χ4v) is 5.32. The molecule has 2 fully saturated rings. The highest BCUT2D eigenvalue weighted by molar-refractivity contribution is 7.92. The van der Waals surface area contributed by atoms with Crippen LogP contribution in [0.2, 0.25) is 0 Å². The minimum absolute atomic E-state index is 0. The van der Waals surface area contributed by atoms with Crippen LogP contribution in [0.25, 0.3) is 0 Å². The Morgan fingerprint density at radius 3 is 2.31 bits per heavy atom. The monoisotopic (exact) mass is 467 g/mol. The predicted octanol–water partition coefficient (Wildman–Crippen LogP) is 1.19. The van der Waals surface area contributed by atoms with Gasteiger partial charge >= 0.3 is 0 Å². The Kier molecular flexibility index (Phi) is 10.3. The van der Waals surface area contributed by atoms with E-state index in [9.17, 15) is 13.2 Å². The van der Waals surface area contributed by atoms with Gasteiger partial charge in [0.25, 0.3) is 0 Å². The molecule has 2 saturated heterocycles. The molecule has 2 N–H and O–H groups in total. The maximum absolute atomic E-state index is 13.0. The van der Waals surface area contributed by atoms with Gasteiger partial charge in [-0.25, -0.2) is 8.42 Å². The lowest BCUT2D eigenvalue weighted by Crippen LogP contribution is -2.58. The molecule has 0 saturated carbocycles. The van der Waals surface area contributed by atoms with Gasteiger partial charge in [0.15, 0.2) is 14.6 Å². The molecule has 2 aliphatic heterocycles. The van der Waals surface area contributed by atoms with E-state index >= 15 is 0 Å². The molecule has 10 heteroatoms. The third kappa shape index (κ3) is 6.06. The van der Waals surface area contributed by atoms with Crippen molar-refractivity contribution in [3.8, 4) is 0 Å². The summed E-state index contributed by atoms with van der Waals surface area (Å²) in [6.45, 7) is 4.35. The van der Waals surface area contributed by atoms with Gasteiger partial charge < -0.3 is 15.4 Å². The first kappa shape index (κ1) is 26.1. The first-order chi connectivity index (χ1) is 12.9. The standard InChI is InChI=1S/C19H29N3O4S.2ClH/c1-27(24,25)19(7-9-20-10-8-19)18(23)21-15-17(16-5-3-2-4-6-16)22-11-13-26-14-12-22;;/h2-6,17,20H,7-15H2,1H3,(H,21,23);2*1H. The van der Waals surface area contributed by atoms with Crippen molar-refractivity contribution in [3.05, 3.63) is 35.9 Å². The van der Waals surface area contributed by atoms with Crippen molar-refractivity contribution in [2.75, 3.05) is 52.2 Å². The molecule has 2 heterocycles. The van der Waals surface area contributed by atoms with Crippen LogP contribution >= 0.6 is 24.8 Å². The van der Waals surface area contributed by atoms with Gasteiger partial charge in [-0.15, -0.1) is 24.8 Å². The summed E-state index contributed by atoms with van der Waals surface area (Å²) in [5.41, 5.74) is 1.11. The molecule has 29 heavy (non-hydrogen) atoms. The van der Waals surface area contributed by atoms with Gasteiger partial charge in [0, 0.05) is 25.9 Å². The zero-order valence-electron chi connectivity index (χ0n) is 16.6. The summed E-state index contributed by atoms with van der Waals surface area (Å²) in [4.78, 5) is 15.3. The number of hydrogen-bond acceptors (Lipinski definition) is 6. The Morgan fingerprint density at radius 1 is 1.17 bits per heavy atom. The Bertz CT molecular complexity index is 737. The Morgan fingerprint density at radius 2 is 1.76 bits per heavy atom. The first-order valence-corrected chi connectivity index (χ1v) is 11.4. The number of morpholine rings is 1. The van der Waals surface area contributed by atoms with Crippen molar-refractivity contribution in [2.24, 2.45) is 0 Å². The molecule has 0 radical (unpaired) electrons. The number of carbonyl (C=O) groups is 1. The summed E-state index contributed by atoms with van der Waals surface area (Å²) >= 11 is 0. The SMILES string of the molecule is CS(=O)(=O)C1(C(=O)NCC(c2ccccc2)N2CCOCC2)CCNCC1.Cl.Cl. The van der Waals surface area contributed by atoms with Crippen LogP contribution in [0.3, 0.4) is 0 Å². The molecule has 1 unspecified atom stereocenters. The lowest BCUT2D eigenvalue weighted by atomic mass is 9.95. The van der Waals surface area contributed by atoms with Crippen molar-refractivity contribution < 1.29 is 17.9 Å². The lowest BCUT2D eigenvalue weighted by Gasteiger charge is -2.37. The van der Waals surface area contributed by atoms with Crippen LogP contribution in [0.1, 0.15) is 24.4 Å². The summed E-state index contributed by atoms with van der Waals surface area (Å²) < 4.78 is 29.0. The van der Waals surface area contributed by atoms with Gasteiger partial charge in [-0.2, -0.15) is 0 Å². The number of nitrogens with one attached hydrogen (secondary N) is 2. The predicted molar refractivity (Wildman–Crippen MR) is 119 cm³/mol. The van der Waals surface area contributed by atoms with Crippen LogP contribution in [-0.4, -0.2) is 76.2 Å². The van der Waals surface area contributed by atoms with Crippen LogP contribution in [0, 0.1) is 0 Å². The molecule has 3 rings (SSSR count). The van der Waals surface area contributed by atoms with E-state index in [1.54, 1.807) is 0 Å². The lowest BCUT2D eigenvalue weighted by molar-refractivity contribution is -0.124. The van der Waals surface area contributed by atoms with Gasteiger partial charge in [0.05, 0.1) is 19.3 Å². The second kappa shape index (κ2) is 11.5. The van der Waals surface area contributed by atoms with Gasteiger partial charge in [-0.1, -0.05) is 30.3 Å². The van der Waals surface area contributed by atoms with Crippen molar-refractivity contribution in [2.45, 2.75) is 23.6 Å². The van der Waals surface area contributed by atoms with Crippen LogP contribution in [0.5, 0.6) is 0 Å². The van der Waals surface area contributed by atoms with E-state index in [1.165, 1.54) is 6.26 Å². The average molecular weight is 468 g/mol. The number of nitrogens with zero attached hydrogens (tertiary/aromatic N) is 1. The molecule has 0 aliphatic carbocycles. The van der Waals surface area contributed by atoms with Gasteiger partial charge in [0.2, 0.25) is 5.91 Å². The highest BCUT2D eigenvalue weighted by Gasteiger charge is 2.48. The zero-order valence-corrected chi connectivity index (χ0v) is 19.1. The third-order valence-corrected chi connectivity index (χ3v) is 7.67. The third-order valence-electron chi connectivity index (χ3n) is 5.66. The van der Waals surface area contributed by atoms with Crippen molar-refractivity contribution in [1.29, 1.82) is 0 Å². The Balaban J connectivity index is 0.00000210. The molecule has 0 bridgehead atoms. The molecule has 2 aliphatic rings. The van der Waals surface area contributed by atoms with Gasteiger partial charge in [0.1, 0.15) is 0 Å². The maximum atomic E-state index is 13.0. The Hall–Kier alpha value is -0.900. The molecular weight excluding hydrogens is 437 g/mol.